The molecule has 3 atom stereocenters. The maximum Gasteiger partial charge on any atom is 0.320 e. The van der Waals surface area contributed by atoms with Gasteiger partial charge in [-0.2, -0.15) is 0 Å². The van der Waals surface area contributed by atoms with Crippen molar-refractivity contribution in [1.29, 1.82) is 0 Å². The van der Waals surface area contributed by atoms with Crippen molar-refractivity contribution < 1.29 is 18.3 Å². The topological polar surface area (TPSA) is 95.2 Å². The zero-order chi connectivity index (χ0) is 21.3. The van der Waals surface area contributed by atoms with Gasteiger partial charge >= 0.3 is 6.03 Å². The number of carbonyl (C=O) groups excluding carboxylic acids is 1. The molecule has 4 rings (SSSR count). The van der Waals surface area contributed by atoms with Crippen LogP contribution in [0.2, 0.25) is 0 Å². The summed E-state index contributed by atoms with van der Waals surface area (Å²) < 4.78 is 32.6. The number of benzene rings is 1. The number of aromatic amines is 1. The average molecular weight is 416 g/mol. The molecule has 0 radical (unpaired) electrons. The molecule has 30 heavy (non-hydrogen) atoms. The molecule has 158 valence electrons. The maximum absolute atomic E-state index is 13.8. The third-order valence-electron chi connectivity index (χ3n) is 5.40. The molecule has 0 unspecified atom stereocenters. The SMILES string of the molecule is COc1n[nH]c2cc(NC(=O)N[C@@H]3CN(C)[C@@H](C(F)F)[C@H]3c3ccccc3)ncc12. The number of aromatic nitrogens is 3. The fourth-order valence-corrected chi connectivity index (χ4v) is 4.08. The Bertz CT molecular complexity index is 1030. The largest absolute Gasteiger partial charge is 0.479 e. The van der Waals surface area contributed by atoms with E-state index in [0.717, 1.165) is 5.56 Å². The number of H-pyrrole nitrogens is 1. The second kappa shape index (κ2) is 8.23. The van der Waals surface area contributed by atoms with E-state index in [9.17, 15) is 13.6 Å². The van der Waals surface area contributed by atoms with Gasteiger partial charge in [0.1, 0.15) is 5.82 Å². The van der Waals surface area contributed by atoms with Gasteiger partial charge in [-0.1, -0.05) is 30.3 Å². The van der Waals surface area contributed by atoms with E-state index < -0.39 is 30.5 Å². The van der Waals surface area contributed by atoms with Gasteiger partial charge in [0.05, 0.1) is 30.1 Å². The Morgan fingerprint density at radius 1 is 1.33 bits per heavy atom. The first-order chi connectivity index (χ1) is 14.5. The molecule has 8 nitrogen and oxygen atoms in total. The van der Waals surface area contributed by atoms with E-state index in [2.05, 4.69) is 25.8 Å². The van der Waals surface area contributed by atoms with E-state index in [1.165, 1.54) is 13.3 Å². The van der Waals surface area contributed by atoms with Crippen molar-refractivity contribution in [2.24, 2.45) is 0 Å². The van der Waals surface area contributed by atoms with E-state index in [-0.39, 0.29) is 0 Å². The molecule has 3 aromatic rings. The number of likely N-dealkylation sites (N-methyl/N-ethyl adjacent to an activating group) is 1. The Morgan fingerprint density at radius 3 is 2.80 bits per heavy atom. The standard InChI is InChI=1S/C20H22F2N6O2/c1-28-10-14(16(17(28)18(21)22)11-6-4-3-5-7-11)24-20(29)25-15-8-13-12(9-23-15)19(30-2)27-26-13/h3-9,14,16-18H,10H2,1-2H3,(H,26,27)(H2,23,24,25,29)/t14-,16+,17-/m1/s1. The summed E-state index contributed by atoms with van der Waals surface area (Å²) in [6.07, 6.45) is -0.995. The minimum atomic E-state index is -2.53. The van der Waals surface area contributed by atoms with Gasteiger partial charge in [0, 0.05) is 24.7 Å². The second-order valence-corrected chi connectivity index (χ2v) is 7.25. The number of alkyl halides is 2. The van der Waals surface area contributed by atoms with E-state index in [4.69, 9.17) is 4.74 Å². The Balaban J connectivity index is 1.51. The minimum absolute atomic E-state index is 0.305. The lowest BCUT2D eigenvalue weighted by Crippen LogP contribution is -2.43. The maximum atomic E-state index is 13.8. The Morgan fingerprint density at radius 2 is 2.10 bits per heavy atom. The number of likely N-dealkylation sites (tertiary alicyclic amines) is 1. The highest BCUT2D eigenvalue weighted by atomic mass is 19.3. The first-order valence-electron chi connectivity index (χ1n) is 9.47. The Labute approximate surface area is 171 Å². The van der Waals surface area contributed by atoms with Gasteiger partial charge in [-0.3, -0.25) is 15.3 Å². The van der Waals surface area contributed by atoms with Crippen molar-refractivity contribution >= 4 is 22.8 Å². The molecule has 0 saturated carbocycles. The Hall–Kier alpha value is -3.27. The van der Waals surface area contributed by atoms with Crippen LogP contribution in [0.15, 0.2) is 42.6 Å². The number of hydrogen-bond donors (Lipinski definition) is 3. The van der Waals surface area contributed by atoms with E-state index in [0.29, 0.717) is 29.1 Å². The van der Waals surface area contributed by atoms with Crippen LogP contribution < -0.4 is 15.4 Å². The molecule has 1 aliphatic rings. The number of urea groups is 1. The van der Waals surface area contributed by atoms with E-state index in [1.807, 2.05) is 30.3 Å². The fourth-order valence-electron chi connectivity index (χ4n) is 4.08. The van der Waals surface area contributed by atoms with Gasteiger partial charge in [0.15, 0.2) is 0 Å². The number of halogens is 2. The lowest BCUT2D eigenvalue weighted by atomic mass is 9.88. The van der Waals surface area contributed by atoms with Crippen LogP contribution in [-0.4, -0.2) is 65.3 Å². The molecule has 0 aliphatic carbocycles. The fraction of sp³-hybridized carbons (Fsp3) is 0.350. The summed E-state index contributed by atoms with van der Waals surface area (Å²) in [5.41, 5.74) is 1.42. The van der Waals surface area contributed by atoms with Crippen LogP contribution in [-0.2, 0) is 0 Å². The molecular weight excluding hydrogens is 394 g/mol. The van der Waals surface area contributed by atoms with Gasteiger partial charge in [-0.25, -0.2) is 18.6 Å². The molecule has 1 saturated heterocycles. The number of anilines is 1. The lowest BCUT2D eigenvalue weighted by molar-refractivity contribution is 0.0512. The minimum Gasteiger partial charge on any atom is -0.479 e. The molecule has 3 heterocycles. The zero-order valence-corrected chi connectivity index (χ0v) is 16.5. The molecule has 1 aliphatic heterocycles. The summed E-state index contributed by atoms with van der Waals surface area (Å²) in [5.74, 6) is 0.180. The monoisotopic (exact) mass is 416 g/mol. The molecule has 0 bridgehead atoms. The zero-order valence-electron chi connectivity index (χ0n) is 16.5. The number of ether oxygens (including phenoxy) is 1. The number of rotatable bonds is 5. The molecule has 2 amide bonds. The van der Waals surface area contributed by atoms with Crippen LogP contribution in [0.25, 0.3) is 10.9 Å². The van der Waals surface area contributed by atoms with Gasteiger partial charge < -0.3 is 10.1 Å². The summed E-state index contributed by atoms with van der Waals surface area (Å²) in [4.78, 5) is 18.4. The predicted molar refractivity (Wildman–Crippen MR) is 108 cm³/mol. The number of methoxy groups -OCH3 is 1. The normalized spacial score (nSPS) is 21.8. The van der Waals surface area contributed by atoms with Crippen molar-refractivity contribution in [2.45, 2.75) is 24.4 Å². The molecule has 1 aromatic carbocycles. The van der Waals surface area contributed by atoms with Crippen LogP contribution >= 0.6 is 0 Å². The van der Waals surface area contributed by atoms with Crippen LogP contribution in [0.4, 0.5) is 19.4 Å². The van der Waals surface area contributed by atoms with Crippen LogP contribution in [0.3, 0.4) is 0 Å². The molecule has 1 fully saturated rings. The first kappa shape index (κ1) is 20.0. The summed E-state index contributed by atoms with van der Waals surface area (Å²) in [5, 5.41) is 13.0. The number of fused-ring (bicyclic) bond motifs is 1. The first-order valence-corrected chi connectivity index (χ1v) is 9.47. The number of carbonyl (C=O) groups is 1. The molecule has 3 N–H and O–H groups in total. The number of pyridine rings is 1. The second-order valence-electron chi connectivity index (χ2n) is 7.25. The number of nitrogens with zero attached hydrogens (tertiary/aromatic N) is 3. The summed E-state index contributed by atoms with van der Waals surface area (Å²) in [7, 11) is 3.15. The molecule has 2 aromatic heterocycles. The lowest BCUT2D eigenvalue weighted by Gasteiger charge is -2.26. The smallest absolute Gasteiger partial charge is 0.320 e. The van der Waals surface area contributed by atoms with Crippen molar-refractivity contribution in [1.82, 2.24) is 25.4 Å². The van der Waals surface area contributed by atoms with E-state index in [1.54, 1.807) is 18.0 Å². The Kier molecular flexibility index (Phi) is 5.49. The third-order valence-corrected chi connectivity index (χ3v) is 5.40. The number of hydrogen-bond acceptors (Lipinski definition) is 5. The van der Waals surface area contributed by atoms with Crippen molar-refractivity contribution in [3.8, 4) is 5.88 Å². The highest BCUT2D eigenvalue weighted by molar-refractivity contribution is 5.92. The van der Waals surface area contributed by atoms with Crippen LogP contribution in [0.5, 0.6) is 5.88 Å². The van der Waals surface area contributed by atoms with Crippen molar-refractivity contribution in [3.63, 3.8) is 0 Å². The van der Waals surface area contributed by atoms with Crippen molar-refractivity contribution in [3.05, 3.63) is 48.2 Å². The van der Waals surface area contributed by atoms with E-state index >= 15 is 0 Å². The van der Waals surface area contributed by atoms with Crippen molar-refractivity contribution in [2.75, 3.05) is 26.0 Å². The third kappa shape index (κ3) is 3.78. The number of amides is 2. The van der Waals surface area contributed by atoms with Gasteiger partial charge in [-0.15, -0.1) is 5.10 Å². The highest BCUT2D eigenvalue weighted by Gasteiger charge is 2.46. The average Bonchev–Trinajstić information content (AvgIpc) is 3.28. The summed E-state index contributed by atoms with van der Waals surface area (Å²) in [6.45, 7) is 0.312. The van der Waals surface area contributed by atoms with Gasteiger partial charge in [0.25, 0.3) is 6.43 Å². The quantitative estimate of drug-likeness (QED) is 0.595. The number of nitrogens with one attached hydrogen (secondary N) is 3. The summed E-state index contributed by atoms with van der Waals surface area (Å²) in [6, 6.07) is 8.73. The molecule has 10 heteroatoms. The predicted octanol–water partition coefficient (Wildman–Crippen LogP) is 2.82. The van der Waals surface area contributed by atoms with Gasteiger partial charge in [0.2, 0.25) is 5.88 Å². The van der Waals surface area contributed by atoms with Gasteiger partial charge in [-0.05, 0) is 12.6 Å². The van der Waals surface area contributed by atoms with Crippen LogP contribution in [0.1, 0.15) is 11.5 Å². The van der Waals surface area contributed by atoms with Crippen LogP contribution in [0, 0.1) is 0 Å². The summed E-state index contributed by atoms with van der Waals surface area (Å²) >= 11 is 0. The molecular formula is C20H22F2N6O2. The highest BCUT2D eigenvalue weighted by Crippen LogP contribution is 2.36. The molecule has 0 spiro atoms.